The zero-order valence-corrected chi connectivity index (χ0v) is 7.86. The fraction of sp³-hybridized carbons (Fsp3) is 0.500. The standard InChI is InChI=1S/C8H12FN3O2/c1-13-3-2-4-14-8-11-5-6(9)7(10)12-8/h5H,2-4H2,1H3,(H2,10,11,12). The lowest BCUT2D eigenvalue weighted by molar-refractivity contribution is 0.168. The van der Waals surface area contributed by atoms with Crippen molar-refractivity contribution in [2.24, 2.45) is 0 Å². The summed E-state index contributed by atoms with van der Waals surface area (Å²) in [5, 5.41) is 0. The summed E-state index contributed by atoms with van der Waals surface area (Å²) >= 11 is 0. The number of hydrogen-bond acceptors (Lipinski definition) is 5. The van der Waals surface area contributed by atoms with Crippen molar-refractivity contribution in [2.45, 2.75) is 6.42 Å². The van der Waals surface area contributed by atoms with Gasteiger partial charge in [-0.15, -0.1) is 0 Å². The lowest BCUT2D eigenvalue weighted by Crippen LogP contribution is -2.06. The molecule has 0 aromatic carbocycles. The zero-order chi connectivity index (χ0) is 10.4. The van der Waals surface area contributed by atoms with Crippen LogP contribution in [0.1, 0.15) is 6.42 Å². The largest absolute Gasteiger partial charge is 0.463 e. The second-order valence-corrected chi connectivity index (χ2v) is 2.58. The topological polar surface area (TPSA) is 70.3 Å². The number of nitrogens with zero attached hydrogens (tertiary/aromatic N) is 2. The summed E-state index contributed by atoms with van der Waals surface area (Å²) in [6.45, 7) is 1.01. The maximum Gasteiger partial charge on any atom is 0.318 e. The van der Waals surface area contributed by atoms with E-state index < -0.39 is 5.82 Å². The first-order valence-electron chi connectivity index (χ1n) is 4.14. The van der Waals surface area contributed by atoms with Crippen LogP contribution in [0.15, 0.2) is 6.20 Å². The fourth-order valence-electron chi connectivity index (χ4n) is 0.800. The third kappa shape index (κ3) is 3.14. The Bertz CT molecular complexity index is 296. The molecule has 6 heteroatoms. The maximum absolute atomic E-state index is 12.6. The van der Waals surface area contributed by atoms with Gasteiger partial charge in [0.05, 0.1) is 12.8 Å². The summed E-state index contributed by atoms with van der Waals surface area (Å²) < 4.78 is 22.5. The molecule has 2 N–H and O–H groups in total. The Hall–Kier alpha value is -1.43. The van der Waals surface area contributed by atoms with Crippen molar-refractivity contribution in [2.75, 3.05) is 26.1 Å². The normalized spacial score (nSPS) is 10.1. The molecule has 0 radical (unpaired) electrons. The molecule has 1 rings (SSSR count). The minimum atomic E-state index is -0.644. The SMILES string of the molecule is COCCCOc1ncc(F)c(N)n1. The smallest absolute Gasteiger partial charge is 0.318 e. The Morgan fingerprint density at radius 3 is 2.93 bits per heavy atom. The van der Waals surface area contributed by atoms with Gasteiger partial charge in [-0.1, -0.05) is 0 Å². The van der Waals surface area contributed by atoms with Crippen LogP contribution in [-0.4, -0.2) is 30.3 Å². The van der Waals surface area contributed by atoms with Gasteiger partial charge in [-0.25, -0.2) is 9.37 Å². The van der Waals surface area contributed by atoms with E-state index in [1.54, 1.807) is 7.11 Å². The van der Waals surface area contributed by atoms with E-state index in [0.29, 0.717) is 13.2 Å². The third-order valence-corrected chi connectivity index (χ3v) is 1.47. The molecule has 5 nitrogen and oxygen atoms in total. The highest BCUT2D eigenvalue weighted by Gasteiger charge is 2.03. The van der Waals surface area contributed by atoms with Crippen molar-refractivity contribution in [3.63, 3.8) is 0 Å². The molecule has 0 aliphatic carbocycles. The average Bonchev–Trinajstić information content (AvgIpc) is 2.18. The molecule has 0 fully saturated rings. The molecule has 1 aromatic rings. The van der Waals surface area contributed by atoms with Gasteiger partial charge in [-0.3, -0.25) is 0 Å². The summed E-state index contributed by atoms with van der Waals surface area (Å²) in [4.78, 5) is 7.21. The van der Waals surface area contributed by atoms with Crippen LogP contribution < -0.4 is 10.5 Å². The van der Waals surface area contributed by atoms with Gasteiger partial charge in [0.15, 0.2) is 11.6 Å². The van der Waals surface area contributed by atoms with Crippen molar-refractivity contribution in [3.05, 3.63) is 12.0 Å². The molecule has 0 aliphatic heterocycles. The Morgan fingerprint density at radius 1 is 1.50 bits per heavy atom. The van der Waals surface area contributed by atoms with Gasteiger partial charge in [0.1, 0.15) is 0 Å². The number of nitrogen functional groups attached to an aromatic ring is 1. The summed E-state index contributed by atoms with van der Waals surface area (Å²) in [5.41, 5.74) is 5.22. The number of rotatable bonds is 5. The molecule has 0 atom stereocenters. The number of aromatic nitrogens is 2. The molecule has 1 aromatic heterocycles. The van der Waals surface area contributed by atoms with E-state index in [0.717, 1.165) is 12.6 Å². The second kappa shape index (κ2) is 5.33. The quantitative estimate of drug-likeness (QED) is 0.707. The first-order valence-corrected chi connectivity index (χ1v) is 4.14. The molecule has 78 valence electrons. The van der Waals surface area contributed by atoms with E-state index in [2.05, 4.69) is 9.97 Å². The fourth-order valence-corrected chi connectivity index (χ4v) is 0.800. The van der Waals surface area contributed by atoms with Crippen molar-refractivity contribution < 1.29 is 13.9 Å². The molecule has 14 heavy (non-hydrogen) atoms. The molecule has 1 heterocycles. The van der Waals surface area contributed by atoms with E-state index >= 15 is 0 Å². The van der Waals surface area contributed by atoms with E-state index in [-0.39, 0.29) is 11.8 Å². The average molecular weight is 201 g/mol. The number of hydrogen-bond donors (Lipinski definition) is 1. The Labute approximate surface area is 81.1 Å². The van der Waals surface area contributed by atoms with Crippen LogP contribution in [0, 0.1) is 5.82 Å². The monoisotopic (exact) mass is 201 g/mol. The predicted molar refractivity (Wildman–Crippen MR) is 48.4 cm³/mol. The molecule has 0 spiro atoms. The summed E-state index contributed by atoms with van der Waals surface area (Å²) in [7, 11) is 1.60. The van der Waals surface area contributed by atoms with Crippen LogP contribution in [0.5, 0.6) is 6.01 Å². The third-order valence-electron chi connectivity index (χ3n) is 1.47. The van der Waals surface area contributed by atoms with Crippen molar-refractivity contribution in [1.29, 1.82) is 0 Å². The number of methoxy groups -OCH3 is 1. The molecular formula is C8H12FN3O2. The van der Waals surface area contributed by atoms with Gasteiger partial charge < -0.3 is 15.2 Å². The molecule has 0 saturated carbocycles. The molecule has 0 bridgehead atoms. The number of halogens is 1. The van der Waals surface area contributed by atoms with Crippen molar-refractivity contribution >= 4 is 5.82 Å². The van der Waals surface area contributed by atoms with Gasteiger partial charge in [-0.05, 0) is 0 Å². The van der Waals surface area contributed by atoms with Crippen LogP contribution in [0.3, 0.4) is 0 Å². The minimum Gasteiger partial charge on any atom is -0.463 e. The number of anilines is 1. The van der Waals surface area contributed by atoms with Gasteiger partial charge in [0.2, 0.25) is 0 Å². The van der Waals surface area contributed by atoms with E-state index in [9.17, 15) is 4.39 Å². The van der Waals surface area contributed by atoms with Crippen LogP contribution in [0.4, 0.5) is 10.2 Å². The van der Waals surface area contributed by atoms with Crippen LogP contribution in [0.2, 0.25) is 0 Å². The molecule has 0 unspecified atom stereocenters. The predicted octanol–water partition coefficient (Wildman–Crippen LogP) is 0.613. The molecular weight excluding hydrogens is 189 g/mol. The zero-order valence-electron chi connectivity index (χ0n) is 7.86. The minimum absolute atomic E-state index is 0.0833. The first-order chi connectivity index (χ1) is 6.74. The molecule has 0 aliphatic rings. The van der Waals surface area contributed by atoms with Gasteiger partial charge >= 0.3 is 6.01 Å². The number of ether oxygens (including phenoxy) is 2. The van der Waals surface area contributed by atoms with Gasteiger partial charge in [0, 0.05) is 20.1 Å². The van der Waals surface area contributed by atoms with Crippen LogP contribution in [0.25, 0.3) is 0 Å². The summed E-state index contributed by atoms with van der Waals surface area (Å²) in [6, 6.07) is 0.0833. The van der Waals surface area contributed by atoms with Crippen LogP contribution in [-0.2, 0) is 4.74 Å². The van der Waals surface area contributed by atoms with Gasteiger partial charge in [-0.2, -0.15) is 4.98 Å². The highest BCUT2D eigenvalue weighted by atomic mass is 19.1. The Kier molecular flexibility index (Phi) is 4.06. The number of nitrogens with two attached hydrogens (primary N) is 1. The van der Waals surface area contributed by atoms with Crippen LogP contribution >= 0.6 is 0 Å². The lowest BCUT2D eigenvalue weighted by Gasteiger charge is -2.03. The molecule has 0 amide bonds. The first kappa shape index (κ1) is 10.6. The van der Waals surface area contributed by atoms with Crippen molar-refractivity contribution in [1.82, 2.24) is 9.97 Å². The van der Waals surface area contributed by atoms with Gasteiger partial charge in [0.25, 0.3) is 0 Å². The lowest BCUT2D eigenvalue weighted by atomic mass is 10.5. The molecule has 0 saturated heterocycles. The summed E-state index contributed by atoms with van der Waals surface area (Å²) in [6.07, 6.45) is 1.70. The highest BCUT2D eigenvalue weighted by molar-refractivity contribution is 5.28. The van der Waals surface area contributed by atoms with E-state index in [1.165, 1.54) is 0 Å². The summed E-state index contributed by atoms with van der Waals surface area (Å²) in [5.74, 6) is -0.851. The second-order valence-electron chi connectivity index (χ2n) is 2.58. The Balaban J connectivity index is 2.39. The van der Waals surface area contributed by atoms with Crippen molar-refractivity contribution in [3.8, 4) is 6.01 Å². The van der Waals surface area contributed by atoms with E-state index in [4.69, 9.17) is 15.2 Å². The highest BCUT2D eigenvalue weighted by Crippen LogP contribution is 2.09. The Morgan fingerprint density at radius 2 is 2.29 bits per heavy atom. The maximum atomic E-state index is 12.6. The van der Waals surface area contributed by atoms with E-state index in [1.807, 2.05) is 0 Å².